The first kappa shape index (κ1) is 20.7. The van der Waals surface area contributed by atoms with Crippen LogP contribution in [0, 0.1) is 17.5 Å². The zero-order valence-electron chi connectivity index (χ0n) is 15.9. The third kappa shape index (κ3) is 4.46. The number of nitrogens with zero attached hydrogens (tertiary/aromatic N) is 3. The monoisotopic (exact) mass is 440 g/mol. The molecule has 0 saturated heterocycles. The molecular weight excluding hydrogens is 425 g/mol. The van der Waals surface area contributed by atoms with E-state index in [2.05, 4.69) is 10.2 Å². The molecule has 0 bridgehead atoms. The Morgan fingerprint density at radius 2 is 1.32 bits per heavy atom. The summed E-state index contributed by atoms with van der Waals surface area (Å²) in [5.74, 6) is -1.54. The first-order chi connectivity index (χ1) is 14.9. The van der Waals surface area contributed by atoms with E-state index in [1.54, 1.807) is 16.7 Å². The van der Waals surface area contributed by atoms with Crippen LogP contribution in [0.4, 0.5) is 13.2 Å². The van der Waals surface area contributed by atoms with Crippen LogP contribution in [0.25, 0.3) is 17.1 Å². The largest absolute Gasteiger partial charge is 0.368 e. The molecule has 4 aromatic rings. The molecule has 0 unspecified atom stereocenters. The number of amides is 1. The highest BCUT2D eigenvalue weighted by molar-refractivity contribution is 8.00. The fourth-order valence-electron chi connectivity index (χ4n) is 2.99. The average Bonchev–Trinajstić information content (AvgIpc) is 3.17. The van der Waals surface area contributed by atoms with Gasteiger partial charge in [-0.25, -0.2) is 13.2 Å². The summed E-state index contributed by atoms with van der Waals surface area (Å²) in [6.07, 6.45) is 0. The van der Waals surface area contributed by atoms with Crippen molar-refractivity contribution in [2.24, 2.45) is 5.73 Å². The highest BCUT2D eigenvalue weighted by Crippen LogP contribution is 2.37. The summed E-state index contributed by atoms with van der Waals surface area (Å²) in [5.41, 5.74) is 7.20. The number of aromatic nitrogens is 3. The smallest absolute Gasteiger partial charge is 0.235 e. The van der Waals surface area contributed by atoms with Crippen LogP contribution < -0.4 is 5.73 Å². The molecule has 9 heteroatoms. The van der Waals surface area contributed by atoms with Crippen LogP contribution in [-0.2, 0) is 4.79 Å². The lowest BCUT2D eigenvalue weighted by Crippen LogP contribution is -2.19. The minimum Gasteiger partial charge on any atom is -0.368 e. The molecule has 2 N–H and O–H groups in total. The van der Waals surface area contributed by atoms with Gasteiger partial charge in [0.05, 0.1) is 0 Å². The Kier molecular flexibility index (Phi) is 5.77. The quantitative estimate of drug-likeness (QED) is 0.442. The second kappa shape index (κ2) is 8.65. The molecule has 1 amide bonds. The minimum atomic E-state index is -0.870. The number of carbonyl (C=O) groups excluding carboxylic acids is 1. The number of thioether (sulfide) groups is 1. The Labute approximate surface area is 179 Å². The van der Waals surface area contributed by atoms with Gasteiger partial charge in [0.1, 0.15) is 22.7 Å². The van der Waals surface area contributed by atoms with Crippen LogP contribution in [0.5, 0.6) is 0 Å². The summed E-state index contributed by atoms with van der Waals surface area (Å²) in [4.78, 5) is 12.2. The topological polar surface area (TPSA) is 73.8 Å². The molecule has 0 aliphatic rings. The molecule has 3 aromatic carbocycles. The van der Waals surface area contributed by atoms with Crippen LogP contribution in [0.3, 0.4) is 0 Å². The number of nitrogens with two attached hydrogens (primary N) is 1. The van der Waals surface area contributed by atoms with E-state index in [1.807, 2.05) is 0 Å². The first-order valence-corrected chi connectivity index (χ1v) is 9.99. The number of hydrogen-bond donors (Lipinski definition) is 1. The third-order valence-electron chi connectivity index (χ3n) is 4.48. The third-order valence-corrected chi connectivity index (χ3v) is 5.69. The standard InChI is InChI=1S/C22H15F3N4OS/c23-15-5-1-13(2-6-15)19(20(26)30)31-22-28-27-21(14-3-7-16(24)8-4-14)29(22)18-11-9-17(25)10-12-18/h1-12,19H,(H2,26,30)/t19-/m0/s1. The predicted molar refractivity (Wildman–Crippen MR) is 111 cm³/mol. The van der Waals surface area contributed by atoms with E-state index in [4.69, 9.17) is 5.73 Å². The molecule has 0 spiro atoms. The summed E-state index contributed by atoms with van der Waals surface area (Å²) in [6.45, 7) is 0. The van der Waals surface area contributed by atoms with E-state index in [0.29, 0.717) is 27.8 Å². The van der Waals surface area contributed by atoms with E-state index in [1.165, 1.54) is 60.7 Å². The molecular formula is C22H15F3N4OS. The van der Waals surface area contributed by atoms with Crippen LogP contribution in [0.2, 0.25) is 0 Å². The maximum atomic E-state index is 13.5. The van der Waals surface area contributed by atoms with Gasteiger partial charge in [-0.15, -0.1) is 10.2 Å². The van der Waals surface area contributed by atoms with Crippen molar-refractivity contribution >= 4 is 17.7 Å². The molecule has 1 aromatic heterocycles. The van der Waals surface area contributed by atoms with Crippen molar-refractivity contribution in [3.8, 4) is 17.1 Å². The fraction of sp³-hybridized carbons (Fsp3) is 0.0455. The van der Waals surface area contributed by atoms with Crippen LogP contribution in [0.15, 0.2) is 78.0 Å². The zero-order valence-corrected chi connectivity index (χ0v) is 16.7. The molecule has 0 aliphatic heterocycles. The maximum Gasteiger partial charge on any atom is 0.235 e. The van der Waals surface area contributed by atoms with Gasteiger partial charge in [0.25, 0.3) is 0 Å². The molecule has 31 heavy (non-hydrogen) atoms. The molecule has 0 fully saturated rings. The highest BCUT2D eigenvalue weighted by Gasteiger charge is 2.25. The van der Waals surface area contributed by atoms with Gasteiger partial charge in [0, 0.05) is 11.3 Å². The molecule has 1 atom stereocenters. The van der Waals surface area contributed by atoms with Gasteiger partial charge in [-0.1, -0.05) is 23.9 Å². The number of hydrogen-bond acceptors (Lipinski definition) is 4. The van der Waals surface area contributed by atoms with Gasteiger partial charge in [0.15, 0.2) is 11.0 Å². The van der Waals surface area contributed by atoms with Gasteiger partial charge in [-0.3, -0.25) is 9.36 Å². The average molecular weight is 440 g/mol. The number of rotatable bonds is 6. The maximum absolute atomic E-state index is 13.5. The summed E-state index contributed by atoms with van der Waals surface area (Å²) in [6, 6.07) is 16.7. The summed E-state index contributed by atoms with van der Waals surface area (Å²) >= 11 is 1.02. The lowest BCUT2D eigenvalue weighted by atomic mass is 10.1. The number of benzene rings is 3. The summed E-state index contributed by atoms with van der Waals surface area (Å²) in [5, 5.41) is 7.82. The Morgan fingerprint density at radius 3 is 1.87 bits per heavy atom. The molecule has 4 rings (SSSR count). The van der Waals surface area contributed by atoms with Gasteiger partial charge in [0.2, 0.25) is 5.91 Å². The van der Waals surface area contributed by atoms with Crippen molar-refractivity contribution in [2.45, 2.75) is 10.4 Å². The Bertz CT molecular complexity index is 1210. The van der Waals surface area contributed by atoms with Crippen molar-refractivity contribution in [2.75, 3.05) is 0 Å². The minimum absolute atomic E-state index is 0.305. The zero-order chi connectivity index (χ0) is 22.0. The summed E-state index contributed by atoms with van der Waals surface area (Å²) in [7, 11) is 0. The Hall–Kier alpha value is -3.59. The van der Waals surface area contributed by atoms with Crippen molar-refractivity contribution in [3.63, 3.8) is 0 Å². The van der Waals surface area contributed by atoms with Crippen LogP contribution in [0.1, 0.15) is 10.8 Å². The lowest BCUT2D eigenvalue weighted by molar-refractivity contribution is -0.117. The predicted octanol–water partition coefficient (Wildman–Crippen LogP) is 4.67. The van der Waals surface area contributed by atoms with E-state index in [9.17, 15) is 18.0 Å². The van der Waals surface area contributed by atoms with E-state index in [0.717, 1.165) is 11.8 Å². The Morgan fingerprint density at radius 1 is 0.806 bits per heavy atom. The van der Waals surface area contributed by atoms with E-state index < -0.39 is 28.6 Å². The molecule has 5 nitrogen and oxygen atoms in total. The van der Waals surface area contributed by atoms with Gasteiger partial charge in [-0.05, 0) is 66.2 Å². The molecule has 156 valence electrons. The normalized spacial score (nSPS) is 12.0. The highest BCUT2D eigenvalue weighted by atomic mass is 32.2. The number of carbonyl (C=O) groups is 1. The van der Waals surface area contributed by atoms with Gasteiger partial charge < -0.3 is 5.73 Å². The van der Waals surface area contributed by atoms with Crippen molar-refractivity contribution in [1.29, 1.82) is 0 Å². The van der Waals surface area contributed by atoms with E-state index in [-0.39, 0.29) is 0 Å². The van der Waals surface area contributed by atoms with Crippen molar-refractivity contribution in [3.05, 3.63) is 95.8 Å². The second-order valence-corrected chi connectivity index (χ2v) is 7.65. The van der Waals surface area contributed by atoms with Gasteiger partial charge >= 0.3 is 0 Å². The molecule has 0 aliphatic carbocycles. The van der Waals surface area contributed by atoms with Crippen LogP contribution >= 0.6 is 11.8 Å². The molecule has 0 saturated carbocycles. The Balaban J connectivity index is 1.81. The number of primary amides is 1. The van der Waals surface area contributed by atoms with E-state index >= 15 is 0 Å². The lowest BCUT2D eigenvalue weighted by Gasteiger charge is -2.15. The van der Waals surface area contributed by atoms with Crippen LogP contribution in [-0.4, -0.2) is 20.7 Å². The first-order valence-electron chi connectivity index (χ1n) is 9.11. The molecule has 0 radical (unpaired) electrons. The SMILES string of the molecule is NC(=O)[C@@H](Sc1nnc(-c2ccc(F)cc2)n1-c1ccc(F)cc1)c1ccc(F)cc1. The molecule has 1 heterocycles. The van der Waals surface area contributed by atoms with Crippen molar-refractivity contribution in [1.82, 2.24) is 14.8 Å². The van der Waals surface area contributed by atoms with Crippen molar-refractivity contribution < 1.29 is 18.0 Å². The van der Waals surface area contributed by atoms with Gasteiger partial charge in [-0.2, -0.15) is 0 Å². The number of halogens is 3. The fourth-order valence-corrected chi connectivity index (χ4v) is 3.99. The summed E-state index contributed by atoms with van der Waals surface area (Å²) < 4.78 is 41.8. The second-order valence-electron chi connectivity index (χ2n) is 6.58.